The number of ether oxygens (including phenoxy) is 2. The fraction of sp³-hybridized carbons (Fsp3) is 0.167. The van der Waals surface area contributed by atoms with E-state index in [1.165, 1.54) is 5.56 Å². The number of nitrogens with one attached hydrogen (secondary N) is 2. The first kappa shape index (κ1) is 20.9. The summed E-state index contributed by atoms with van der Waals surface area (Å²) < 4.78 is 11.0. The molecule has 0 fully saturated rings. The minimum absolute atomic E-state index is 0.178. The van der Waals surface area contributed by atoms with Gasteiger partial charge in [-0.15, -0.1) is 10.2 Å². The van der Waals surface area contributed by atoms with Crippen LogP contribution in [0.25, 0.3) is 16.7 Å². The average molecular weight is 460 g/mol. The highest BCUT2D eigenvalue weighted by Gasteiger charge is 2.16. The second-order valence-corrected chi connectivity index (χ2v) is 7.89. The third-order valence-electron chi connectivity index (χ3n) is 5.25. The van der Waals surface area contributed by atoms with E-state index in [4.69, 9.17) is 21.7 Å². The summed E-state index contributed by atoms with van der Waals surface area (Å²) in [4.78, 5) is 14.2. The van der Waals surface area contributed by atoms with Crippen LogP contribution in [0.4, 0.5) is 5.69 Å². The molecule has 0 radical (unpaired) electrons. The van der Waals surface area contributed by atoms with Gasteiger partial charge in [-0.3, -0.25) is 10.1 Å². The summed E-state index contributed by atoms with van der Waals surface area (Å²) in [5.74, 6) is 0.832. The Morgan fingerprint density at radius 2 is 1.73 bits per heavy atom. The van der Waals surface area contributed by atoms with Gasteiger partial charge in [0.25, 0.3) is 5.91 Å². The van der Waals surface area contributed by atoms with E-state index < -0.39 is 0 Å². The Balaban J connectivity index is 1.27. The van der Waals surface area contributed by atoms with E-state index in [2.05, 4.69) is 39.9 Å². The minimum Gasteiger partial charge on any atom is -0.486 e. The molecule has 166 valence electrons. The van der Waals surface area contributed by atoms with Crippen LogP contribution >= 0.6 is 12.2 Å². The Morgan fingerprint density at radius 1 is 0.970 bits per heavy atom. The number of hydrogen-bond donors (Lipinski definition) is 2. The molecule has 2 heterocycles. The molecule has 0 atom stereocenters. The monoisotopic (exact) mass is 459 g/mol. The number of hydrogen-bond acceptors (Lipinski definition) is 6. The summed E-state index contributed by atoms with van der Waals surface area (Å²) in [6.07, 6.45) is 0.981. The number of carbonyl (C=O) groups is 1. The van der Waals surface area contributed by atoms with Crippen LogP contribution in [-0.4, -0.2) is 39.2 Å². The van der Waals surface area contributed by atoms with Crippen molar-refractivity contribution in [1.82, 2.24) is 20.3 Å². The molecule has 1 aliphatic rings. The van der Waals surface area contributed by atoms with Gasteiger partial charge in [0, 0.05) is 11.3 Å². The summed E-state index contributed by atoms with van der Waals surface area (Å²) in [5.41, 5.74) is 4.74. The SMILES string of the molecule is CCc1ccc(-n2nc3ccc(NC(=S)NC(=O)c4ccc5c(c4)OCCO5)cc3n2)cc1. The Hall–Kier alpha value is -3.98. The lowest BCUT2D eigenvalue weighted by Gasteiger charge is -2.18. The smallest absolute Gasteiger partial charge is 0.257 e. The van der Waals surface area contributed by atoms with Gasteiger partial charge in [-0.1, -0.05) is 19.1 Å². The van der Waals surface area contributed by atoms with Crippen LogP contribution in [0.1, 0.15) is 22.8 Å². The first-order chi connectivity index (χ1) is 16.1. The number of aryl methyl sites for hydroxylation is 1. The van der Waals surface area contributed by atoms with E-state index >= 15 is 0 Å². The fourth-order valence-corrected chi connectivity index (χ4v) is 3.71. The normalized spacial score (nSPS) is 12.4. The van der Waals surface area contributed by atoms with E-state index in [0.717, 1.165) is 17.6 Å². The predicted molar refractivity (Wildman–Crippen MR) is 129 cm³/mol. The highest BCUT2D eigenvalue weighted by Crippen LogP contribution is 2.30. The maximum Gasteiger partial charge on any atom is 0.257 e. The van der Waals surface area contributed by atoms with Crippen molar-refractivity contribution in [2.24, 2.45) is 0 Å². The first-order valence-electron chi connectivity index (χ1n) is 10.6. The Bertz CT molecular complexity index is 1350. The number of rotatable bonds is 4. The maximum absolute atomic E-state index is 12.6. The molecule has 0 bridgehead atoms. The lowest BCUT2D eigenvalue weighted by molar-refractivity contribution is 0.0976. The number of carbonyl (C=O) groups excluding carboxylic acids is 1. The lowest BCUT2D eigenvalue weighted by atomic mass is 10.2. The molecule has 1 amide bonds. The number of anilines is 1. The van der Waals surface area contributed by atoms with Gasteiger partial charge in [-0.2, -0.15) is 4.80 Å². The number of aromatic nitrogens is 3. The summed E-state index contributed by atoms with van der Waals surface area (Å²) in [7, 11) is 0. The van der Waals surface area contributed by atoms with Gasteiger partial charge in [0.15, 0.2) is 16.6 Å². The molecule has 3 aromatic carbocycles. The molecule has 33 heavy (non-hydrogen) atoms. The van der Waals surface area contributed by atoms with Crippen LogP contribution in [0, 0.1) is 0 Å². The zero-order valence-corrected chi connectivity index (χ0v) is 18.7. The average Bonchev–Trinajstić information content (AvgIpc) is 3.27. The van der Waals surface area contributed by atoms with E-state index in [-0.39, 0.29) is 11.0 Å². The predicted octanol–water partition coefficient (Wildman–Crippen LogP) is 3.88. The maximum atomic E-state index is 12.6. The standard InChI is InChI=1S/C24H21N5O3S/c1-2-15-3-7-18(8-4-15)29-27-19-9-6-17(14-20(19)28-29)25-24(33)26-23(30)16-5-10-21-22(13-16)32-12-11-31-21/h3-10,13-14H,2,11-12H2,1H3,(H2,25,26,30,33). The molecular weight excluding hydrogens is 438 g/mol. The van der Waals surface area contributed by atoms with E-state index in [1.54, 1.807) is 23.0 Å². The van der Waals surface area contributed by atoms with Gasteiger partial charge >= 0.3 is 0 Å². The second kappa shape index (κ2) is 8.87. The number of fused-ring (bicyclic) bond motifs is 2. The molecule has 1 aliphatic heterocycles. The van der Waals surface area contributed by atoms with Crippen molar-refractivity contribution < 1.29 is 14.3 Å². The van der Waals surface area contributed by atoms with Gasteiger partial charge in [-0.25, -0.2) is 0 Å². The Kier molecular flexibility index (Phi) is 5.62. The lowest BCUT2D eigenvalue weighted by Crippen LogP contribution is -2.34. The molecule has 0 unspecified atom stereocenters. The van der Waals surface area contributed by atoms with E-state index in [1.807, 2.05) is 30.3 Å². The van der Waals surface area contributed by atoms with Gasteiger partial charge < -0.3 is 14.8 Å². The van der Waals surface area contributed by atoms with Gasteiger partial charge in [0.2, 0.25) is 0 Å². The van der Waals surface area contributed by atoms with Gasteiger partial charge in [0.05, 0.1) is 5.69 Å². The van der Waals surface area contributed by atoms with Crippen molar-refractivity contribution in [2.45, 2.75) is 13.3 Å². The molecule has 0 spiro atoms. The van der Waals surface area contributed by atoms with Crippen molar-refractivity contribution in [3.05, 3.63) is 71.8 Å². The summed E-state index contributed by atoms with van der Waals surface area (Å²) in [5, 5.41) is 15.0. The van der Waals surface area contributed by atoms with Crippen molar-refractivity contribution in [3.8, 4) is 17.2 Å². The third kappa shape index (κ3) is 4.49. The highest BCUT2D eigenvalue weighted by molar-refractivity contribution is 7.80. The van der Waals surface area contributed by atoms with Crippen molar-refractivity contribution in [1.29, 1.82) is 0 Å². The Labute approximate surface area is 195 Å². The van der Waals surface area contributed by atoms with Crippen LogP contribution in [0.5, 0.6) is 11.5 Å². The number of benzene rings is 3. The van der Waals surface area contributed by atoms with Crippen molar-refractivity contribution in [3.63, 3.8) is 0 Å². The Morgan fingerprint density at radius 3 is 2.52 bits per heavy atom. The van der Waals surface area contributed by atoms with E-state index in [0.29, 0.717) is 41.5 Å². The molecule has 0 aliphatic carbocycles. The number of amides is 1. The molecule has 0 saturated heterocycles. The van der Waals surface area contributed by atoms with Crippen LogP contribution in [0.2, 0.25) is 0 Å². The second-order valence-electron chi connectivity index (χ2n) is 7.48. The molecular formula is C24H21N5O3S. The fourth-order valence-electron chi connectivity index (χ4n) is 3.49. The molecule has 5 rings (SSSR count). The topological polar surface area (TPSA) is 90.3 Å². The van der Waals surface area contributed by atoms with Crippen LogP contribution in [0.3, 0.4) is 0 Å². The van der Waals surface area contributed by atoms with Crippen molar-refractivity contribution >= 4 is 40.0 Å². The summed E-state index contributed by atoms with van der Waals surface area (Å²) in [6, 6.07) is 18.7. The van der Waals surface area contributed by atoms with Gasteiger partial charge in [0.1, 0.15) is 24.2 Å². The number of nitrogens with zero attached hydrogens (tertiary/aromatic N) is 3. The molecule has 8 nitrogen and oxygen atoms in total. The molecule has 1 aromatic heterocycles. The highest BCUT2D eigenvalue weighted by atomic mass is 32.1. The van der Waals surface area contributed by atoms with Gasteiger partial charge in [-0.05, 0) is 72.7 Å². The van der Waals surface area contributed by atoms with E-state index in [9.17, 15) is 4.79 Å². The molecule has 2 N–H and O–H groups in total. The quantitative estimate of drug-likeness (QED) is 0.448. The van der Waals surface area contributed by atoms with Crippen LogP contribution in [-0.2, 0) is 6.42 Å². The molecule has 0 saturated carbocycles. The number of thiocarbonyl (C=S) groups is 1. The van der Waals surface area contributed by atoms with Crippen LogP contribution in [0.15, 0.2) is 60.7 Å². The van der Waals surface area contributed by atoms with Crippen molar-refractivity contribution in [2.75, 3.05) is 18.5 Å². The molecule has 4 aromatic rings. The first-order valence-corrected chi connectivity index (χ1v) is 11.0. The summed E-state index contributed by atoms with van der Waals surface area (Å²) >= 11 is 5.32. The third-order valence-corrected chi connectivity index (χ3v) is 5.45. The zero-order chi connectivity index (χ0) is 22.8. The minimum atomic E-state index is -0.341. The van der Waals surface area contributed by atoms with Crippen LogP contribution < -0.4 is 20.1 Å². The largest absolute Gasteiger partial charge is 0.486 e. The molecule has 9 heteroatoms. The summed E-state index contributed by atoms with van der Waals surface area (Å²) in [6.45, 7) is 3.07. The zero-order valence-electron chi connectivity index (χ0n) is 17.9.